The van der Waals surface area contributed by atoms with Crippen molar-refractivity contribution in [2.75, 3.05) is 6.61 Å². The van der Waals surface area contributed by atoms with Crippen LogP contribution in [-0.4, -0.2) is 19.6 Å². The molecule has 0 aliphatic rings. The molecule has 0 spiro atoms. The first-order valence-electron chi connectivity index (χ1n) is 15.3. The second kappa shape index (κ2) is 30.2. The SMILES string of the molecule is CCCCCCCCCCC/C=C/C(CCCCCCCCCCCCCCC)COS(=O)(=O)[O-].[Na+]. The molecule has 0 heterocycles. The van der Waals surface area contributed by atoms with E-state index in [0.29, 0.717) is 0 Å². The second-order valence-corrected chi connectivity index (χ2v) is 11.6. The molecule has 1 unspecified atom stereocenters. The molecule has 4 nitrogen and oxygen atoms in total. The molecule has 0 saturated heterocycles. The molecule has 36 heavy (non-hydrogen) atoms. The summed E-state index contributed by atoms with van der Waals surface area (Å²) in [4.78, 5) is 0. The third-order valence-electron chi connectivity index (χ3n) is 6.99. The first kappa shape index (κ1) is 38.8. The standard InChI is InChI=1S/C30H60O4S.Na/c1-3-5-7-9-11-13-15-16-18-20-22-24-26-28-30(29-34-35(31,32)33)27-25-23-21-19-17-14-12-10-8-6-4-2;/h25,27,30H,3-24,26,28-29H2,1-2H3,(H,31,32,33);/q;+1/p-1/b27-25+;. The topological polar surface area (TPSA) is 66.4 Å². The molecular weight excluding hydrogens is 479 g/mol. The fourth-order valence-corrected chi connectivity index (χ4v) is 5.03. The molecule has 0 aliphatic carbocycles. The quantitative estimate of drug-likeness (QED) is 0.0352. The van der Waals surface area contributed by atoms with Crippen LogP contribution in [0.3, 0.4) is 0 Å². The summed E-state index contributed by atoms with van der Waals surface area (Å²) in [6.45, 7) is 4.50. The second-order valence-electron chi connectivity index (χ2n) is 10.5. The number of unbranched alkanes of at least 4 members (excludes halogenated alkanes) is 21. The van der Waals surface area contributed by atoms with Gasteiger partial charge in [0.2, 0.25) is 10.4 Å². The molecule has 0 aliphatic heterocycles. The van der Waals surface area contributed by atoms with E-state index in [1.165, 1.54) is 135 Å². The van der Waals surface area contributed by atoms with Crippen molar-refractivity contribution in [3.8, 4) is 0 Å². The third kappa shape index (κ3) is 32.6. The first-order chi connectivity index (χ1) is 17.0. The van der Waals surface area contributed by atoms with Gasteiger partial charge in [-0.15, -0.1) is 0 Å². The van der Waals surface area contributed by atoms with E-state index in [2.05, 4.69) is 30.2 Å². The van der Waals surface area contributed by atoms with Gasteiger partial charge in [-0.1, -0.05) is 161 Å². The Morgan fingerprint density at radius 3 is 1.36 bits per heavy atom. The van der Waals surface area contributed by atoms with Crippen LogP contribution in [-0.2, 0) is 14.6 Å². The maximum absolute atomic E-state index is 10.9. The molecule has 0 amide bonds. The summed E-state index contributed by atoms with van der Waals surface area (Å²) in [6.07, 6.45) is 35.1. The number of hydrogen-bond donors (Lipinski definition) is 0. The van der Waals surface area contributed by atoms with Crippen molar-refractivity contribution in [3.05, 3.63) is 12.2 Å². The molecule has 0 aromatic heterocycles. The monoisotopic (exact) mass is 538 g/mol. The number of rotatable bonds is 28. The van der Waals surface area contributed by atoms with Crippen LogP contribution in [0.15, 0.2) is 12.2 Å². The van der Waals surface area contributed by atoms with Gasteiger partial charge in [-0.3, -0.25) is 4.18 Å². The molecule has 0 aromatic carbocycles. The van der Waals surface area contributed by atoms with Crippen molar-refractivity contribution in [3.63, 3.8) is 0 Å². The fraction of sp³-hybridized carbons (Fsp3) is 0.933. The predicted molar refractivity (Wildman–Crippen MR) is 150 cm³/mol. The van der Waals surface area contributed by atoms with Gasteiger partial charge < -0.3 is 4.55 Å². The molecular formula is C30H59NaO4S. The van der Waals surface area contributed by atoms with Gasteiger partial charge >= 0.3 is 29.6 Å². The fourth-order valence-electron chi connectivity index (χ4n) is 4.69. The van der Waals surface area contributed by atoms with Crippen molar-refractivity contribution in [2.24, 2.45) is 5.92 Å². The zero-order valence-corrected chi connectivity index (χ0v) is 27.3. The summed E-state index contributed by atoms with van der Waals surface area (Å²) in [5.74, 6) is 0.0185. The summed E-state index contributed by atoms with van der Waals surface area (Å²) in [6, 6.07) is 0. The van der Waals surface area contributed by atoms with E-state index in [9.17, 15) is 13.0 Å². The molecule has 0 aromatic rings. The van der Waals surface area contributed by atoms with Crippen molar-refractivity contribution >= 4 is 10.4 Å². The van der Waals surface area contributed by atoms with E-state index in [1.807, 2.05) is 0 Å². The Morgan fingerprint density at radius 1 is 0.611 bits per heavy atom. The Balaban J connectivity index is 0. The van der Waals surface area contributed by atoms with Crippen LogP contribution in [0.5, 0.6) is 0 Å². The van der Waals surface area contributed by atoms with Gasteiger partial charge in [0.25, 0.3) is 0 Å². The van der Waals surface area contributed by atoms with E-state index < -0.39 is 10.4 Å². The Kier molecular flexibility index (Phi) is 32.5. The van der Waals surface area contributed by atoms with Gasteiger partial charge in [-0.25, -0.2) is 8.42 Å². The average Bonchev–Trinajstić information content (AvgIpc) is 2.82. The van der Waals surface area contributed by atoms with E-state index in [-0.39, 0.29) is 42.1 Å². The Hall–Kier alpha value is 0.610. The largest absolute Gasteiger partial charge is 1.00 e. The molecule has 210 valence electrons. The predicted octanol–water partition coefficient (Wildman–Crippen LogP) is 7.04. The van der Waals surface area contributed by atoms with Crippen LogP contribution in [0.2, 0.25) is 0 Å². The zero-order valence-electron chi connectivity index (χ0n) is 24.5. The summed E-state index contributed by atoms with van der Waals surface area (Å²) in [5.41, 5.74) is 0. The van der Waals surface area contributed by atoms with Crippen LogP contribution in [0.25, 0.3) is 0 Å². The smallest absolute Gasteiger partial charge is 0.726 e. The Bertz CT molecular complexity index is 551. The van der Waals surface area contributed by atoms with Gasteiger partial charge in [0.1, 0.15) is 0 Å². The van der Waals surface area contributed by atoms with Gasteiger partial charge in [0.05, 0.1) is 6.61 Å². The van der Waals surface area contributed by atoms with E-state index >= 15 is 0 Å². The van der Waals surface area contributed by atoms with Crippen LogP contribution in [0.4, 0.5) is 0 Å². The maximum atomic E-state index is 10.9. The van der Waals surface area contributed by atoms with Gasteiger partial charge in [0.15, 0.2) is 0 Å². The molecule has 0 saturated carbocycles. The van der Waals surface area contributed by atoms with Crippen LogP contribution < -0.4 is 29.6 Å². The summed E-state index contributed by atoms with van der Waals surface area (Å²) < 4.78 is 37.2. The van der Waals surface area contributed by atoms with E-state index in [1.54, 1.807) is 0 Å². The van der Waals surface area contributed by atoms with Crippen molar-refractivity contribution < 1.29 is 46.7 Å². The maximum Gasteiger partial charge on any atom is 1.00 e. The van der Waals surface area contributed by atoms with Gasteiger partial charge in [0, 0.05) is 5.92 Å². The number of hydrogen-bond acceptors (Lipinski definition) is 4. The summed E-state index contributed by atoms with van der Waals surface area (Å²) in [7, 11) is -4.61. The van der Waals surface area contributed by atoms with Crippen LogP contribution in [0.1, 0.15) is 168 Å². The van der Waals surface area contributed by atoms with Crippen molar-refractivity contribution in [2.45, 2.75) is 168 Å². The minimum Gasteiger partial charge on any atom is -0.726 e. The summed E-state index contributed by atoms with van der Waals surface area (Å²) >= 11 is 0. The van der Waals surface area contributed by atoms with Crippen molar-refractivity contribution in [1.29, 1.82) is 0 Å². The van der Waals surface area contributed by atoms with Gasteiger partial charge in [-0.05, 0) is 19.3 Å². The van der Waals surface area contributed by atoms with Crippen molar-refractivity contribution in [1.82, 2.24) is 0 Å². The Labute approximate surface area is 248 Å². The van der Waals surface area contributed by atoms with E-state index in [4.69, 9.17) is 0 Å². The first-order valence-corrected chi connectivity index (χ1v) is 16.6. The average molecular weight is 539 g/mol. The minimum absolute atomic E-state index is 0. The number of allylic oxidation sites excluding steroid dienone is 1. The van der Waals surface area contributed by atoms with Crippen LogP contribution >= 0.6 is 0 Å². The third-order valence-corrected chi connectivity index (χ3v) is 7.41. The minimum atomic E-state index is -4.61. The normalized spacial score (nSPS) is 12.8. The molecule has 6 heteroatoms. The molecule has 0 rings (SSSR count). The molecule has 1 atom stereocenters. The molecule has 0 bridgehead atoms. The van der Waals surface area contributed by atoms with Gasteiger partial charge in [-0.2, -0.15) is 0 Å². The zero-order chi connectivity index (χ0) is 25.9. The van der Waals surface area contributed by atoms with Crippen LogP contribution in [0, 0.1) is 5.92 Å². The Morgan fingerprint density at radius 2 is 0.972 bits per heavy atom. The molecule has 0 fully saturated rings. The molecule has 0 radical (unpaired) electrons. The molecule has 0 N–H and O–H groups in total. The van der Waals surface area contributed by atoms with E-state index in [0.717, 1.165) is 19.3 Å². The summed E-state index contributed by atoms with van der Waals surface area (Å²) in [5, 5.41) is 0.